The van der Waals surface area contributed by atoms with E-state index in [2.05, 4.69) is 5.32 Å². The Morgan fingerprint density at radius 2 is 1.89 bits per heavy atom. The number of nitrogens with one attached hydrogen (secondary N) is 1. The van der Waals surface area contributed by atoms with Crippen LogP contribution in [0, 0.1) is 16.0 Å². The lowest BCUT2D eigenvalue weighted by Gasteiger charge is -2.17. The zero-order chi connectivity index (χ0) is 20.1. The Morgan fingerprint density at radius 1 is 1.21 bits per heavy atom. The highest BCUT2D eigenvalue weighted by atomic mass is 16.6. The number of nitrogens with zero attached hydrogens (tertiary/aromatic N) is 2. The van der Waals surface area contributed by atoms with Crippen molar-refractivity contribution in [1.82, 2.24) is 5.32 Å². The fourth-order valence-electron chi connectivity index (χ4n) is 3.13. The monoisotopic (exact) mass is 383 g/mol. The zero-order valence-corrected chi connectivity index (χ0v) is 15.5. The summed E-state index contributed by atoms with van der Waals surface area (Å²) in [6.45, 7) is 3.37. The van der Waals surface area contributed by atoms with Crippen molar-refractivity contribution in [3.63, 3.8) is 0 Å². The largest absolute Gasteiger partial charge is 0.494 e. The van der Waals surface area contributed by atoms with Crippen LogP contribution < -0.4 is 15.0 Å². The fraction of sp³-hybridized carbons (Fsp3) is 0.300. The second-order valence-corrected chi connectivity index (χ2v) is 6.52. The van der Waals surface area contributed by atoms with Crippen LogP contribution in [-0.4, -0.2) is 36.4 Å². The van der Waals surface area contributed by atoms with Crippen molar-refractivity contribution in [1.29, 1.82) is 0 Å². The number of carbonyl (C=O) groups excluding carboxylic acids is 2. The van der Waals surface area contributed by atoms with Crippen LogP contribution in [0.3, 0.4) is 0 Å². The predicted molar refractivity (Wildman–Crippen MR) is 104 cm³/mol. The van der Waals surface area contributed by atoms with Gasteiger partial charge in [-0.3, -0.25) is 19.7 Å². The first-order chi connectivity index (χ1) is 13.5. The topological polar surface area (TPSA) is 102 Å². The molecule has 0 radical (unpaired) electrons. The Kier molecular flexibility index (Phi) is 5.88. The van der Waals surface area contributed by atoms with E-state index in [0.29, 0.717) is 31.7 Å². The van der Waals surface area contributed by atoms with Gasteiger partial charge >= 0.3 is 0 Å². The van der Waals surface area contributed by atoms with E-state index in [9.17, 15) is 19.7 Å². The molecule has 0 spiro atoms. The first-order valence-electron chi connectivity index (χ1n) is 9.03. The maximum absolute atomic E-state index is 12.3. The minimum atomic E-state index is -0.513. The summed E-state index contributed by atoms with van der Waals surface area (Å²) in [4.78, 5) is 36.4. The summed E-state index contributed by atoms with van der Waals surface area (Å²) in [5.74, 6) is 0.450. The molecule has 0 bridgehead atoms. The molecule has 2 amide bonds. The van der Waals surface area contributed by atoms with Crippen molar-refractivity contribution < 1.29 is 19.2 Å². The number of benzene rings is 2. The average Bonchev–Trinajstić information content (AvgIpc) is 3.07. The molecule has 28 heavy (non-hydrogen) atoms. The van der Waals surface area contributed by atoms with Gasteiger partial charge in [0.05, 0.1) is 11.5 Å². The smallest absolute Gasteiger partial charge is 0.269 e. The van der Waals surface area contributed by atoms with Crippen LogP contribution in [-0.2, 0) is 4.79 Å². The van der Waals surface area contributed by atoms with Crippen molar-refractivity contribution >= 4 is 23.2 Å². The molecule has 1 saturated heterocycles. The van der Waals surface area contributed by atoms with Gasteiger partial charge < -0.3 is 15.0 Å². The predicted octanol–water partition coefficient (Wildman–Crippen LogP) is 2.78. The average molecular weight is 383 g/mol. The molecule has 1 unspecified atom stereocenters. The summed E-state index contributed by atoms with van der Waals surface area (Å²) < 4.78 is 5.41. The van der Waals surface area contributed by atoms with Crippen molar-refractivity contribution in [3.05, 3.63) is 64.2 Å². The molecule has 8 heteroatoms. The van der Waals surface area contributed by atoms with Gasteiger partial charge in [-0.05, 0) is 43.3 Å². The lowest BCUT2D eigenvalue weighted by Crippen LogP contribution is -2.31. The summed E-state index contributed by atoms with van der Waals surface area (Å²) >= 11 is 0. The third kappa shape index (κ3) is 4.46. The Labute approximate surface area is 162 Å². The molecule has 1 fully saturated rings. The second-order valence-electron chi connectivity index (χ2n) is 6.52. The quantitative estimate of drug-likeness (QED) is 0.585. The van der Waals surface area contributed by atoms with Crippen molar-refractivity contribution in [2.75, 3.05) is 24.6 Å². The highest BCUT2D eigenvalue weighted by molar-refractivity contribution is 5.96. The van der Waals surface area contributed by atoms with E-state index < -0.39 is 4.92 Å². The van der Waals surface area contributed by atoms with Gasteiger partial charge in [-0.1, -0.05) is 0 Å². The number of nitro groups is 1. The third-order valence-electron chi connectivity index (χ3n) is 4.56. The number of hydrogen-bond donors (Lipinski definition) is 1. The molecule has 2 aromatic rings. The maximum atomic E-state index is 12.3. The Bertz CT molecular complexity index is 864. The van der Waals surface area contributed by atoms with Crippen LogP contribution in [0.5, 0.6) is 5.75 Å². The van der Waals surface area contributed by atoms with Crippen LogP contribution in [0.1, 0.15) is 23.7 Å². The van der Waals surface area contributed by atoms with Gasteiger partial charge in [0, 0.05) is 48.8 Å². The van der Waals surface area contributed by atoms with Crippen LogP contribution in [0.2, 0.25) is 0 Å². The van der Waals surface area contributed by atoms with E-state index in [1.807, 2.05) is 31.2 Å². The summed E-state index contributed by atoms with van der Waals surface area (Å²) in [6.07, 6.45) is 0.355. The van der Waals surface area contributed by atoms with Crippen molar-refractivity contribution in [2.45, 2.75) is 13.3 Å². The van der Waals surface area contributed by atoms with Crippen LogP contribution in [0.25, 0.3) is 0 Å². The number of nitro benzene ring substituents is 1. The molecule has 0 aliphatic carbocycles. The Morgan fingerprint density at radius 3 is 2.50 bits per heavy atom. The van der Waals surface area contributed by atoms with E-state index >= 15 is 0 Å². The minimum absolute atomic E-state index is 0.000988. The highest BCUT2D eigenvalue weighted by Crippen LogP contribution is 2.26. The molecule has 2 aromatic carbocycles. The van der Waals surface area contributed by atoms with E-state index in [-0.39, 0.29) is 23.4 Å². The number of ether oxygens (including phenoxy) is 1. The molecule has 1 atom stereocenters. The Balaban J connectivity index is 1.55. The molecule has 1 aliphatic rings. The molecule has 1 heterocycles. The number of amides is 2. The Hall–Kier alpha value is -3.42. The summed E-state index contributed by atoms with van der Waals surface area (Å²) in [6, 6.07) is 12.8. The van der Waals surface area contributed by atoms with Gasteiger partial charge in [-0.2, -0.15) is 0 Å². The van der Waals surface area contributed by atoms with Gasteiger partial charge in [-0.15, -0.1) is 0 Å². The highest BCUT2D eigenvalue weighted by Gasteiger charge is 2.30. The number of hydrogen-bond acceptors (Lipinski definition) is 5. The molecule has 146 valence electrons. The summed E-state index contributed by atoms with van der Waals surface area (Å²) in [5, 5.41) is 13.5. The summed E-state index contributed by atoms with van der Waals surface area (Å²) in [7, 11) is 0. The van der Waals surface area contributed by atoms with Crippen LogP contribution in [0.4, 0.5) is 11.4 Å². The minimum Gasteiger partial charge on any atom is -0.494 e. The number of rotatable bonds is 7. The zero-order valence-electron chi connectivity index (χ0n) is 15.5. The number of non-ortho nitro benzene ring substituents is 1. The third-order valence-corrected chi connectivity index (χ3v) is 4.56. The van der Waals surface area contributed by atoms with Gasteiger partial charge in [0.25, 0.3) is 11.6 Å². The molecule has 0 aromatic heterocycles. The van der Waals surface area contributed by atoms with Crippen LogP contribution in [0.15, 0.2) is 48.5 Å². The van der Waals surface area contributed by atoms with Crippen molar-refractivity contribution in [3.8, 4) is 5.75 Å². The lowest BCUT2D eigenvalue weighted by atomic mass is 10.1. The number of carbonyl (C=O) groups is 2. The van der Waals surface area contributed by atoms with Crippen LogP contribution >= 0.6 is 0 Å². The van der Waals surface area contributed by atoms with E-state index in [0.717, 1.165) is 11.4 Å². The SMILES string of the molecule is CCOc1ccc(N2CC(CNC(=O)c3ccc([N+](=O)[O-])cc3)CC2=O)cc1. The van der Waals surface area contributed by atoms with E-state index in [1.165, 1.54) is 24.3 Å². The molecule has 3 rings (SSSR count). The van der Waals surface area contributed by atoms with Gasteiger partial charge in [0.2, 0.25) is 5.91 Å². The molecule has 8 nitrogen and oxygen atoms in total. The molecular weight excluding hydrogens is 362 g/mol. The molecule has 0 saturated carbocycles. The van der Waals surface area contributed by atoms with E-state index in [4.69, 9.17) is 4.74 Å². The normalized spacial score (nSPS) is 16.1. The number of anilines is 1. The van der Waals surface area contributed by atoms with Gasteiger partial charge in [0.1, 0.15) is 5.75 Å². The standard InChI is InChI=1S/C20H21N3O5/c1-2-28-18-9-7-16(8-10-18)22-13-14(11-19(22)24)12-21-20(25)15-3-5-17(6-4-15)23(26)27/h3-10,14H,2,11-13H2,1H3,(H,21,25). The second kappa shape index (κ2) is 8.51. The van der Waals surface area contributed by atoms with Gasteiger partial charge in [-0.25, -0.2) is 0 Å². The van der Waals surface area contributed by atoms with Crippen molar-refractivity contribution in [2.24, 2.45) is 5.92 Å². The molecule has 1 N–H and O–H groups in total. The van der Waals surface area contributed by atoms with Gasteiger partial charge in [0.15, 0.2) is 0 Å². The maximum Gasteiger partial charge on any atom is 0.269 e. The fourth-order valence-corrected chi connectivity index (χ4v) is 3.13. The summed E-state index contributed by atoms with van der Waals surface area (Å²) in [5.41, 5.74) is 1.08. The van der Waals surface area contributed by atoms with E-state index in [1.54, 1.807) is 4.90 Å². The first kappa shape index (κ1) is 19.3. The molecular formula is C20H21N3O5. The molecule has 1 aliphatic heterocycles. The lowest BCUT2D eigenvalue weighted by molar-refractivity contribution is -0.384. The first-order valence-corrected chi connectivity index (χ1v) is 9.03.